The van der Waals surface area contributed by atoms with Crippen LogP contribution in [0.4, 0.5) is 0 Å². The summed E-state index contributed by atoms with van der Waals surface area (Å²) in [4.78, 5) is 28.6. The molecular weight excluding hydrogens is 298 g/mol. The Hall–Kier alpha value is -1.82. The molecule has 5 nitrogen and oxygen atoms in total. The molecule has 0 saturated heterocycles. The maximum absolute atomic E-state index is 12.3. The van der Waals surface area contributed by atoms with Crippen molar-refractivity contribution in [3.8, 4) is 0 Å². The number of thioether (sulfide) groups is 1. The molecule has 1 aromatic carbocycles. The first kappa shape index (κ1) is 16.5. The van der Waals surface area contributed by atoms with E-state index in [2.05, 4.69) is 17.2 Å². The van der Waals surface area contributed by atoms with Crippen molar-refractivity contribution in [1.82, 2.24) is 14.9 Å². The molecule has 2 aromatic rings. The molecule has 2 rings (SSSR count). The maximum Gasteiger partial charge on any atom is 0.261 e. The van der Waals surface area contributed by atoms with Gasteiger partial charge >= 0.3 is 0 Å². The van der Waals surface area contributed by atoms with Gasteiger partial charge in [-0.05, 0) is 25.5 Å². The summed E-state index contributed by atoms with van der Waals surface area (Å²) in [5, 5.41) is 4.10. The van der Waals surface area contributed by atoms with Gasteiger partial charge in [0.05, 0.1) is 16.7 Å². The molecule has 6 heteroatoms. The number of fused-ring (bicyclic) bond motifs is 1. The molecule has 0 radical (unpaired) electrons. The van der Waals surface area contributed by atoms with E-state index in [1.54, 1.807) is 13.1 Å². The third kappa shape index (κ3) is 3.88. The number of aromatic nitrogens is 2. The summed E-state index contributed by atoms with van der Waals surface area (Å²) in [6.45, 7) is 4.09. The number of carbonyl (C=O) groups excluding carboxylic acids is 1. The van der Waals surface area contributed by atoms with E-state index in [0.717, 1.165) is 12.8 Å². The molecule has 0 fully saturated rings. The van der Waals surface area contributed by atoms with Gasteiger partial charge < -0.3 is 5.32 Å². The molecule has 1 unspecified atom stereocenters. The van der Waals surface area contributed by atoms with Gasteiger partial charge in [-0.3, -0.25) is 14.2 Å². The van der Waals surface area contributed by atoms with Crippen LogP contribution in [0.3, 0.4) is 0 Å². The summed E-state index contributed by atoms with van der Waals surface area (Å²) in [7, 11) is 1.68. The maximum atomic E-state index is 12.3. The molecule has 0 bridgehead atoms. The minimum absolute atomic E-state index is 0.0339. The molecule has 1 amide bonds. The van der Waals surface area contributed by atoms with Crippen LogP contribution in [0.2, 0.25) is 0 Å². The SMILES string of the molecule is CCCC(C)NC(=O)CSc1nc2ccccc2c(=O)n1C. The number of rotatable bonds is 6. The highest BCUT2D eigenvalue weighted by atomic mass is 32.2. The van der Waals surface area contributed by atoms with Crippen molar-refractivity contribution in [3.05, 3.63) is 34.6 Å². The highest BCUT2D eigenvalue weighted by Gasteiger charge is 2.11. The monoisotopic (exact) mass is 319 g/mol. The summed E-state index contributed by atoms with van der Waals surface area (Å²) in [6.07, 6.45) is 2.00. The number of para-hydroxylation sites is 1. The Bertz CT molecular complexity index is 727. The van der Waals surface area contributed by atoms with Crippen LogP contribution in [-0.2, 0) is 11.8 Å². The smallest absolute Gasteiger partial charge is 0.261 e. The van der Waals surface area contributed by atoms with E-state index in [0.29, 0.717) is 16.1 Å². The lowest BCUT2D eigenvalue weighted by Crippen LogP contribution is -2.33. The molecule has 0 aliphatic rings. The highest BCUT2D eigenvalue weighted by Crippen LogP contribution is 2.16. The lowest BCUT2D eigenvalue weighted by Gasteiger charge is -2.13. The topological polar surface area (TPSA) is 64.0 Å². The first-order valence-electron chi connectivity index (χ1n) is 7.40. The van der Waals surface area contributed by atoms with Crippen LogP contribution in [0.5, 0.6) is 0 Å². The van der Waals surface area contributed by atoms with Crippen LogP contribution in [-0.4, -0.2) is 27.3 Å². The largest absolute Gasteiger partial charge is 0.353 e. The fourth-order valence-electron chi connectivity index (χ4n) is 2.28. The zero-order chi connectivity index (χ0) is 16.1. The van der Waals surface area contributed by atoms with Crippen LogP contribution in [0.25, 0.3) is 10.9 Å². The van der Waals surface area contributed by atoms with Crippen molar-refractivity contribution in [3.63, 3.8) is 0 Å². The van der Waals surface area contributed by atoms with E-state index in [4.69, 9.17) is 0 Å². The number of nitrogens with zero attached hydrogens (tertiary/aromatic N) is 2. The lowest BCUT2D eigenvalue weighted by atomic mass is 10.2. The molecule has 22 heavy (non-hydrogen) atoms. The van der Waals surface area contributed by atoms with Crippen molar-refractivity contribution in [2.75, 3.05) is 5.75 Å². The Kier molecular flexibility index (Phi) is 5.60. The average molecular weight is 319 g/mol. The average Bonchev–Trinajstić information content (AvgIpc) is 2.49. The van der Waals surface area contributed by atoms with Gasteiger partial charge in [0, 0.05) is 13.1 Å². The zero-order valence-corrected chi connectivity index (χ0v) is 13.9. The van der Waals surface area contributed by atoms with Crippen LogP contribution in [0.1, 0.15) is 26.7 Å². The molecule has 1 N–H and O–H groups in total. The molecule has 1 heterocycles. The number of benzene rings is 1. The summed E-state index contributed by atoms with van der Waals surface area (Å²) in [5.74, 6) is 0.223. The molecule has 0 saturated carbocycles. The van der Waals surface area contributed by atoms with Gasteiger partial charge in [-0.2, -0.15) is 0 Å². The molecule has 1 atom stereocenters. The second-order valence-corrected chi connectivity index (χ2v) is 6.26. The molecule has 1 aromatic heterocycles. The molecular formula is C16H21N3O2S. The number of hydrogen-bond donors (Lipinski definition) is 1. The standard InChI is InChI=1S/C16H21N3O2S/c1-4-7-11(2)17-14(20)10-22-16-18-13-9-6-5-8-12(13)15(21)19(16)3/h5-6,8-9,11H,4,7,10H2,1-3H3,(H,17,20). The fourth-order valence-corrected chi connectivity index (χ4v) is 3.06. The molecule has 0 aliphatic heterocycles. The van der Waals surface area contributed by atoms with Gasteiger partial charge in [0.2, 0.25) is 5.91 Å². The minimum atomic E-state index is -0.0899. The molecule has 118 valence electrons. The third-order valence-corrected chi connectivity index (χ3v) is 4.43. The van der Waals surface area contributed by atoms with Gasteiger partial charge in [0.1, 0.15) is 0 Å². The second-order valence-electron chi connectivity index (χ2n) is 5.32. The van der Waals surface area contributed by atoms with Crippen LogP contribution in [0, 0.1) is 0 Å². The van der Waals surface area contributed by atoms with E-state index in [1.165, 1.54) is 16.3 Å². The Labute approximate surface area is 134 Å². The van der Waals surface area contributed by atoms with Crippen LogP contribution in [0.15, 0.2) is 34.2 Å². The molecule has 0 aliphatic carbocycles. The summed E-state index contributed by atoms with van der Waals surface area (Å²) in [6, 6.07) is 7.41. The van der Waals surface area contributed by atoms with Crippen LogP contribution < -0.4 is 10.9 Å². The van der Waals surface area contributed by atoms with Crippen LogP contribution >= 0.6 is 11.8 Å². The number of nitrogens with one attached hydrogen (secondary N) is 1. The van der Waals surface area contributed by atoms with Crippen molar-refractivity contribution < 1.29 is 4.79 Å². The summed E-state index contributed by atoms with van der Waals surface area (Å²) in [5.41, 5.74) is 0.570. The van der Waals surface area contributed by atoms with E-state index >= 15 is 0 Å². The Morgan fingerprint density at radius 3 is 2.86 bits per heavy atom. The molecule has 0 spiro atoms. The minimum Gasteiger partial charge on any atom is -0.353 e. The summed E-state index contributed by atoms with van der Waals surface area (Å²) < 4.78 is 1.50. The number of carbonyl (C=O) groups is 1. The number of hydrogen-bond acceptors (Lipinski definition) is 4. The van der Waals surface area contributed by atoms with Gasteiger partial charge in [-0.15, -0.1) is 0 Å². The summed E-state index contributed by atoms with van der Waals surface area (Å²) >= 11 is 1.28. The van der Waals surface area contributed by atoms with Crippen molar-refractivity contribution in [2.24, 2.45) is 7.05 Å². The van der Waals surface area contributed by atoms with Gasteiger partial charge in [0.25, 0.3) is 5.56 Å². The van der Waals surface area contributed by atoms with Gasteiger partial charge in [-0.25, -0.2) is 4.98 Å². The highest BCUT2D eigenvalue weighted by molar-refractivity contribution is 7.99. The van der Waals surface area contributed by atoms with E-state index in [-0.39, 0.29) is 23.3 Å². The Morgan fingerprint density at radius 1 is 1.41 bits per heavy atom. The van der Waals surface area contributed by atoms with Crippen molar-refractivity contribution >= 4 is 28.6 Å². The van der Waals surface area contributed by atoms with E-state index < -0.39 is 0 Å². The van der Waals surface area contributed by atoms with Crippen molar-refractivity contribution in [1.29, 1.82) is 0 Å². The fraction of sp³-hybridized carbons (Fsp3) is 0.438. The number of amides is 1. The third-order valence-electron chi connectivity index (χ3n) is 3.40. The Balaban J connectivity index is 2.10. The van der Waals surface area contributed by atoms with Crippen molar-refractivity contribution in [2.45, 2.75) is 37.9 Å². The first-order chi connectivity index (χ1) is 10.5. The lowest BCUT2D eigenvalue weighted by molar-refractivity contribution is -0.119. The van der Waals surface area contributed by atoms with Gasteiger partial charge in [0.15, 0.2) is 5.16 Å². The van der Waals surface area contributed by atoms with E-state index in [1.807, 2.05) is 25.1 Å². The second kappa shape index (κ2) is 7.45. The quantitative estimate of drug-likeness (QED) is 0.655. The first-order valence-corrected chi connectivity index (χ1v) is 8.39. The normalized spacial score (nSPS) is 12.3. The van der Waals surface area contributed by atoms with E-state index in [9.17, 15) is 9.59 Å². The predicted octanol–water partition coefficient (Wildman–Crippen LogP) is 2.33. The predicted molar refractivity (Wildman–Crippen MR) is 90.2 cm³/mol. The zero-order valence-electron chi connectivity index (χ0n) is 13.1. The van der Waals surface area contributed by atoms with Gasteiger partial charge in [-0.1, -0.05) is 37.2 Å². The Morgan fingerprint density at radius 2 is 2.14 bits per heavy atom.